The zero-order chi connectivity index (χ0) is 6.41. The molecule has 0 spiro atoms. The Morgan fingerprint density at radius 3 is 2.62 bits per heavy atom. The average Bonchev–Trinajstić information content (AvgIpc) is 1.83. The fourth-order valence-corrected chi connectivity index (χ4v) is 0.440. The van der Waals surface area contributed by atoms with Gasteiger partial charge < -0.3 is 0 Å². The average molecular weight is 128 g/mol. The van der Waals surface area contributed by atoms with Crippen LogP contribution in [0.4, 0.5) is 0 Å². The number of hydrogen-bond donors (Lipinski definition) is 1. The first-order chi connectivity index (χ1) is 3.81. The first-order valence-corrected chi connectivity index (χ1v) is 3.27. The van der Waals surface area contributed by atoms with Gasteiger partial charge in [0.2, 0.25) is 0 Å². The molecule has 0 bridgehead atoms. The van der Waals surface area contributed by atoms with Crippen LogP contribution >= 0.6 is 12.6 Å². The van der Waals surface area contributed by atoms with Gasteiger partial charge in [-0.2, -0.15) is 0 Å². The van der Waals surface area contributed by atoms with Crippen LogP contribution in [0.5, 0.6) is 0 Å². The third kappa shape index (κ3) is 4.00. The van der Waals surface area contributed by atoms with Crippen LogP contribution in [0, 0.1) is 0 Å². The van der Waals surface area contributed by atoms with Gasteiger partial charge >= 0.3 is 0 Å². The maximum atomic E-state index is 4.14. The normalized spacial score (nSPS) is 13.1. The summed E-state index contributed by atoms with van der Waals surface area (Å²) in [6.07, 6.45) is 7.14. The van der Waals surface area contributed by atoms with Gasteiger partial charge in [-0.1, -0.05) is 25.2 Å². The second-order valence-electron chi connectivity index (χ2n) is 1.52. The monoisotopic (exact) mass is 128 g/mol. The van der Waals surface area contributed by atoms with Crippen molar-refractivity contribution in [2.24, 2.45) is 0 Å². The van der Waals surface area contributed by atoms with Crippen LogP contribution in [0.3, 0.4) is 0 Å². The molecule has 1 heteroatoms. The fourth-order valence-electron chi connectivity index (χ4n) is 0.335. The highest BCUT2D eigenvalue weighted by atomic mass is 32.1. The van der Waals surface area contributed by atoms with Gasteiger partial charge in [0.05, 0.1) is 0 Å². The summed E-state index contributed by atoms with van der Waals surface area (Å²) in [4.78, 5) is 1.03. The summed E-state index contributed by atoms with van der Waals surface area (Å²) >= 11 is 4.14. The van der Waals surface area contributed by atoms with E-state index in [1.54, 1.807) is 0 Å². The smallest absolute Gasteiger partial charge is 0.000596 e. The molecule has 0 aliphatic carbocycles. The molecule has 0 saturated heterocycles. The van der Waals surface area contributed by atoms with Crippen LogP contribution < -0.4 is 0 Å². The lowest BCUT2D eigenvalue weighted by Crippen LogP contribution is -1.58. The molecule has 0 radical (unpaired) electrons. The Bertz CT molecular complexity index is 101. The van der Waals surface area contributed by atoms with Crippen molar-refractivity contribution in [3.05, 3.63) is 23.1 Å². The molecule has 0 unspecified atom stereocenters. The number of thiol groups is 1. The standard InChI is InChI=1S/C7H12S/c1-3-5-6-7(8)4-2/h4-6,8H,3H2,1-2H3/b6-5-,7-4+. The van der Waals surface area contributed by atoms with Gasteiger partial charge in [-0.05, 0) is 18.2 Å². The van der Waals surface area contributed by atoms with Crippen LogP contribution in [0.25, 0.3) is 0 Å². The van der Waals surface area contributed by atoms with Gasteiger partial charge in [-0.3, -0.25) is 0 Å². The van der Waals surface area contributed by atoms with E-state index in [0.717, 1.165) is 11.3 Å². The van der Waals surface area contributed by atoms with Gasteiger partial charge in [-0.15, -0.1) is 12.6 Å². The van der Waals surface area contributed by atoms with Crippen LogP contribution in [-0.4, -0.2) is 0 Å². The second kappa shape index (κ2) is 4.98. The molecule has 0 heterocycles. The summed E-state index contributed by atoms with van der Waals surface area (Å²) in [5.41, 5.74) is 0. The van der Waals surface area contributed by atoms with E-state index in [1.807, 2.05) is 19.1 Å². The molecule has 0 aromatic rings. The van der Waals surface area contributed by atoms with Gasteiger partial charge in [0.1, 0.15) is 0 Å². The highest BCUT2D eigenvalue weighted by Crippen LogP contribution is 2.00. The van der Waals surface area contributed by atoms with Gasteiger partial charge in [0, 0.05) is 0 Å². The van der Waals surface area contributed by atoms with Crippen LogP contribution in [-0.2, 0) is 0 Å². The highest BCUT2D eigenvalue weighted by molar-refractivity contribution is 7.84. The molecule has 0 aromatic carbocycles. The molecule has 0 aliphatic rings. The molecule has 0 N–H and O–H groups in total. The Labute approximate surface area is 56.7 Å². The van der Waals surface area contributed by atoms with E-state index < -0.39 is 0 Å². The predicted octanol–water partition coefficient (Wildman–Crippen LogP) is 2.79. The molecular weight excluding hydrogens is 116 g/mol. The van der Waals surface area contributed by atoms with E-state index in [-0.39, 0.29) is 0 Å². The largest absolute Gasteiger partial charge is 0.144 e. The van der Waals surface area contributed by atoms with Crippen LogP contribution in [0.2, 0.25) is 0 Å². The Morgan fingerprint density at radius 1 is 1.62 bits per heavy atom. The van der Waals surface area contributed by atoms with Crippen molar-refractivity contribution in [3.63, 3.8) is 0 Å². The van der Waals surface area contributed by atoms with E-state index in [9.17, 15) is 0 Å². The zero-order valence-electron chi connectivity index (χ0n) is 5.39. The summed E-state index contributed by atoms with van der Waals surface area (Å²) < 4.78 is 0. The molecule has 0 aliphatic heterocycles. The zero-order valence-corrected chi connectivity index (χ0v) is 6.28. The van der Waals surface area contributed by atoms with Crippen molar-refractivity contribution in [3.8, 4) is 0 Å². The van der Waals surface area contributed by atoms with Crippen molar-refractivity contribution < 1.29 is 0 Å². The van der Waals surface area contributed by atoms with Crippen molar-refractivity contribution in [1.82, 2.24) is 0 Å². The Balaban J connectivity index is 3.53. The van der Waals surface area contributed by atoms with Gasteiger partial charge in [0.15, 0.2) is 0 Å². The first kappa shape index (κ1) is 7.83. The molecule has 0 atom stereocenters. The SMILES string of the molecule is C/C=C(S)\C=C/CC. The van der Waals surface area contributed by atoms with Crippen molar-refractivity contribution in [2.75, 3.05) is 0 Å². The molecule has 0 saturated carbocycles. The number of rotatable bonds is 2. The number of hydrogen-bond acceptors (Lipinski definition) is 1. The minimum Gasteiger partial charge on any atom is -0.144 e. The summed E-state index contributed by atoms with van der Waals surface area (Å²) in [6, 6.07) is 0. The van der Waals surface area contributed by atoms with E-state index in [1.165, 1.54) is 0 Å². The highest BCUT2D eigenvalue weighted by Gasteiger charge is 1.73. The minimum atomic E-state index is 1.03. The summed E-state index contributed by atoms with van der Waals surface area (Å²) in [5, 5.41) is 0. The van der Waals surface area contributed by atoms with Crippen LogP contribution in [0.1, 0.15) is 20.3 Å². The minimum absolute atomic E-state index is 1.03. The molecular formula is C7H12S. The lowest BCUT2D eigenvalue weighted by atomic mass is 10.4. The van der Waals surface area contributed by atoms with E-state index in [0.29, 0.717) is 0 Å². The van der Waals surface area contributed by atoms with Gasteiger partial charge in [0.25, 0.3) is 0 Å². The summed E-state index contributed by atoms with van der Waals surface area (Å²) in [5.74, 6) is 0. The molecule has 0 rings (SSSR count). The van der Waals surface area contributed by atoms with E-state index >= 15 is 0 Å². The lowest BCUT2D eigenvalue weighted by molar-refractivity contribution is 1.22. The van der Waals surface area contributed by atoms with E-state index in [2.05, 4.69) is 25.6 Å². The predicted molar refractivity (Wildman–Crippen MR) is 42.2 cm³/mol. The van der Waals surface area contributed by atoms with Gasteiger partial charge in [-0.25, -0.2) is 0 Å². The topological polar surface area (TPSA) is 0 Å². The molecule has 0 aromatic heterocycles. The third-order valence-electron chi connectivity index (χ3n) is 0.820. The van der Waals surface area contributed by atoms with E-state index in [4.69, 9.17) is 0 Å². The van der Waals surface area contributed by atoms with Crippen molar-refractivity contribution >= 4 is 12.6 Å². The van der Waals surface area contributed by atoms with Crippen molar-refractivity contribution in [2.45, 2.75) is 20.3 Å². The maximum absolute atomic E-state index is 4.14. The molecule has 0 amide bonds. The lowest BCUT2D eigenvalue weighted by Gasteiger charge is -1.83. The third-order valence-corrected chi connectivity index (χ3v) is 1.23. The maximum Gasteiger partial charge on any atom is -0.000596 e. The molecule has 46 valence electrons. The molecule has 8 heavy (non-hydrogen) atoms. The first-order valence-electron chi connectivity index (χ1n) is 2.83. The Morgan fingerprint density at radius 2 is 2.25 bits per heavy atom. The second-order valence-corrected chi connectivity index (χ2v) is 2.04. The molecule has 0 fully saturated rings. The Kier molecular flexibility index (Phi) is 4.87. The quantitative estimate of drug-likeness (QED) is 0.429. The number of allylic oxidation sites excluding steroid dienone is 3. The van der Waals surface area contributed by atoms with Crippen LogP contribution in [0.15, 0.2) is 23.1 Å². The fraction of sp³-hybridized carbons (Fsp3) is 0.429. The summed E-state index contributed by atoms with van der Waals surface area (Å²) in [7, 11) is 0. The molecule has 0 nitrogen and oxygen atoms in total. The summed E-state index contributed by atoms with van der Waals surface area (Å²) in [6.45, 7) is 4.08. The van der Waals surface area contributed by atoms with Crippen molar-refractivity contribution in [1.29, 1.82) is 0 Å². The Hall–Kier alpha value is -0.170.